The molecule has 0 aliphatic carbocycles. The van der Waals surface area contributed by atoms with Crippen LogP contribution in [0.15, 0.2) is 18.2 Å². The third-order valence-electron chi connectivity index (χ3n) is 5.76. The number of alkyl halides is 3. The molecule has 2 bridgehead atoms. The van der Waals surface area contributed by atoms with Crippen LogP contribution in [-0.4, -0.2) is 28.8 Å². The highest BCUT2D eigenvalue weighted by molar-refractivity contribution is 6.25. The van der Waals surface area contributed by atoms with Gasteiger partial charge in [-0.3, -0.25) is 14.4 Å². The Labute approximate surface area is 151 Å². The Morgan fingerprint density at radius 1 is 1.19 bits per heavy atom. The number of carbonyl (C=O) groups excluding carboxylic acids is 3. The van der Waals surface area contributed by atoms with Gasteiger partial charge >= 0.3 is 6.18 Å². The minimum atomic E-state index is -4.82. The molecule has 4 atom stereocenters. The van der Waals surface area contributed by atoms with Gasteiger partial charge in [-0.1, -0.05) is 0 Å². The van der Waals surface area contributed by atoms with Crippen molar-refractivity contribution in [1.82, 2.24) is 0 Å². The zero-order chi connectivity index (χ0) is 19.9. The van der Waals surface area contributed by atoms with Crippen molar-refractivity contribution in [3.05, 3.63) is 29.3 Å². The molecule has 4 rings (SSSR count). The number of ketones is 1. The fraction of sp³-hybridized carbons (Fsp3) is 0.444. The number of hydrogen-bond acceptors (Lipinski definition) is 5. The molecule has 1 aromatic carbocycles. The lowest BCUT2D eigenvalue weighted by Crippen LogP contribution is -2.46. The predicted octanol–water partition coefficient (Wildman–Crippen LogP) is 2.20. The molecular formula is C18H13F3N2O4. The second kappa shape index (κ2) is 4.95. The van der Waals surface area contributed by atoms with Gasteiger partial charge in [0, 0.05) is 6.42 Å². The molecule has 27 heavy (non-hydrogen) atoms. The summed E-state index contributed by atoms with van der Waals surface area (Å²) in [6.07, 6.45) is -4.85. The number of carbonyl (C=O) groups is 3. The molecule has 0 aromatic heterocycles. The van der Waals surface area contributed by atoms with E-state index in [4.69, 9.17) is 10.00 Å². The van der Waals surface area contributed by atoms with Crippen LogP contribution in [0.4, 0.5) is 18.9 Å². The first-order chi connectivity index (χ1) is 12.4. The highest BCUT2D eigenvalue weighted by Gasteiger charge is 2.76. The van der Waals surface area contributed by atoms with E-state index >= 15 is 0 Å². The normalized spacial score (nSPS) is 35.0. The molecular weight excluding hydrogens is 365 g/mol. The van der Waals surface area contributed by atoms with Crippen LogP contribution in [0.5, 0.6) is 0 Å². The van der Waals surface area contributed by atoms with E-state index in [1.54, 1.807) is 6.92 Å². The maximum absolute atomic E-state index is 13.2. The van der Waals surface area contributed by atoms with Gasteiger partial charge in [0.05, 0.1) is 40.3 Å². The van der Waals surface area contributed by atoms with Crippen molar-refractivity contribution in [3.63, 3.8) is 0 Å². The monoisotopic (exact) mass is 378 g/mol. The van der Waals surface area contributed by atoms with Crippen molar-refractivity contribution < 1.29 is 32.3 Å². The number of hydrogen-bond donors (Lipinski definition) is 0. The SMILES string of the molecule is CC12CC(=O)C(C)(O1)[C@@H]1C(=O)N(c3ccc(C#N)c(C(F)(F)F)c3)C(=O)[C@@H]12. The number of nitrogens with zero attached hydrogens (tertiary/aromatic N) is 2. The molecule has 3 saturated heterocycles. The highest BCUT2D eigenvalue weighted by atomic mass is 19.4. The smallest absolute Gasteiger partial charge is 0.359 e. The van der Waals surface area contributed by atoms with Gasteiger partial charge in [0.1, 0.15) is 5.60 Å². The quantitative estimate of drug-likeness (QED) is 0.699. The Morgan fingerprint density at radius 2 is 1.81 bits per heavy atom. The van der Waals surface area contributed by atoms with Crippen molar-refractivity contribution in [2.75, 3.05) is 4.90 Å². The number of halogens is 3. The van der Waals surface area contributed by atoms with Gasteiger partial charge in [0.15, 0.2) is 5.78 Å². The Kier molecular flexibility index (Phi) is 3.24. The zero-order valence-corrected chi connectivity index (χ0v) is 14.3. The van der Waals surface area contributed by atoms with Gasteiger partial charge in [0.25, 0.3) is 0 Å². The molecule has 3 fully saturated rings. The summed E-state index contributed by atoms with van der Waals surface area (Å²) in [7, 11) is 0. The second-order valence-electron chi connectivity index (χ2n) is 7.43. The van der Waals surface area contributed by atoms with Gasteiger partial charge < -0.3 is 4.74 Å². The summed E-state index contributed by atoms with van der Waals surface area (Å²) in [6, 6.07) is 4.11. The summed E-state index contributed by atoms with van der Waals surface area (Å²) in [5.74, 6) is -3.76. The van der Waals surface area contributed by atoms with Gasteiger partial charge in [-0.05, 0) is 32.0 Å². The average Bonchev–Trinajstić information content (AvgIpc) is 3.07. The lowest BCUT2D eigenvalue weighted by atomic mass is 9.68. The maximum Gasteiger partial charge on any atom is 0.417 e. The Bertz CT molecular complexity index is 966. The average molecular weight is 378 g/mol. The van der Waals surface area contributed by atoms with Crippen LogP contribution < -0.4 is 4.90 Å². The van der Waals surface area contributed by atoms with E-state index in [-0.39, 0.29) is 17.9 Å². The fourth-order valence-electron chi connectivity index (χ4n) is 4.58. The van der Waals surface area contributed by atoms with E-state index < -0.39 is 52.2 Å². The van der Waals surface area contributed by atoms with Crippen LogP contribution in [0.25, 0.3) is 0 Å². The summed E-state index contributed by atoms with van der Waals surface area (Å²) in [4.78, 5) is 38.8. The maximum atomic E-state index is 13.2. The molecule has 2 amide bonds. The number of benzene rings is 1. The van der Waals surface area contributed by atoms with E-state index in [1.165, 1.54) is 13.0 Å². The summed E-state index contributed by atoms with van der Waals surface area (Å²) >= 11 is 0. The van der Waals surface area contributed by atoms with Gasteiger partial charge in [-0.15, -0.1) is 0 Å². The lowest BCUT2D eigenvalue weighted by molar-refractivity contribution is -0.140. The molecule has 0 N–H and O–H groups in total. The fourth-order valence-corrected chi connectivity index (χ4v) is 4.58. The molecule has 0 spiro atoms. The lowest BCUT2D eigenvalue weighted by Gasteiger charge is -2.26. The number of fused-ring (bicyclic) bond motifs is 5. The molecule has 3 aliphatic heterocycles. The van der Waals surface area contributed by atoms with E-state index in [2.05, 4.69) is 0 Å². The summed E-state index contributed by atoms with van der Waals surface area (Å²) in [6.45, 7) is 3.01. The first-order valence-electron chi connectivity index (χ1n) is 8.17. The van der Waals surface area contributed by atoms with Crippen LogP contribution in [0.1, 0.15) is 31.4 Å². The molecule has 3 aliphatic rings. The van der Waals surface area contributed by atoms with E-state index in [9.17, 15) is 27.6 Å². The van der Waals surface area contributed by atoms with E-state index in [0.29, 0.717) is 11.0 Å². The number of nitriles is 1. The molecule has 3 heterocycles. The largest absolute Gasteiger partial charge is 0.417 e. The van der Waals surface area contributed by atoms with Crippen LogP contribution >= 0.6 is 0 Å². The molecule has 6 nitrogen and oxygen atoms in total. The number of anilines is 1. The van der Waals surface area contributed by atoms with Gasteiger partial charge in [0.2, 0.25) is 11.8 Å². The van der Waals surface area contributed by atoms with Crippen molar-refractivity contribution in [1.29, 1.82) is 5.26 Å². The molecule has 0 saturated carbocycles. The molecule has 0 radical (unpaired) electrons. The third kappa shape index (κ3) is 2.07. The molecule has 140 valence electrons. The number of ether oxygens (including phenoxy) is 1. The minimum Gasteiger partial charge on any atom is -0.359 e. The summed E-state index contributed by atoms with van der Waals surface area (Å²) in [5.41, 5.74) is -4.72. The van der Waals surface area contributed by atoms with Crippen molar-refractivity contribution >= 4 is 23.3 Å². The van der Waals surface area contributed by atoms with Crippen molar-refractivity contribution in [2.45, 2.75) is 37.6 Å². The Morgan fingerprint density at radius 3 is 2.41 bits per heavy atom. The molecule has 1 aromatic rings. The zero-order valence-electron chi connectivity index (χ0n) is 14.3. The van der Waals surface area contributed by atoms with Crippen LogP contribution in [0.3, 0.4) is 0 Å². The van der Waals surface area contributed by atoms with Gasteiger partial charge in [-0.2, -0.15) is 18.4 Å². The first kappa shape index (κ1) is 17.7. The standard InChI is InChI=1S/C18H13F3N2O4/c1-16-6-11(24)17(2,27-16)13-12(16)14(25)23(15(13)26)9-4-3-8(7-22)10(5-9)18(19,20)21/h3-5,12-13H,6H2,1-2H3/t12-,13+,16?,17?/m1/s1. The van der Waals surface area contributed by atoms with Crippen molar-refractivity contribution in [2.24, 2.45) is 11.8 Å². The molecule has 9 heteroatoms. The highest BCUT2D eigenvalue weighted by Crippen LogP contribution is 2.59. The minimum absolute atomic E-state index is 0.0291. The summed E-state index contributed by atoms with van der Waals surface area (Å²) in [5, 5.41) is 8.90. The van der Waals surface area contributed by atoms with Crippen LogP contribution in [0.2, 0.25) is 0 Å². The predicted molar refractivity (Wildman–Crippen MR) is 83.2 cm³/mol. The van der Waals surface area contributed by atoms with Crippen LogP contribution in [0, 0.1) is 23.2 Å². The second-order valence-corrected chi connectivity index (χ2v) is 7.43. The number of rotatable bonds is 1. The Balaban J connectivity index is 1.82. The number of imide groups is 1. The molecule has 2 unspecified atom stereocenters. The third-order valence-corrected chi connectivity index (χ3v) is 5.76. The number of Topliss-reactive ketones (excluding diaryl/α,β-unsaturated/α-hetero) is 1. The van der Waals surface area contributed by atoms with E-state index in [1.807, 2.05) is 0 Å². The van der Waals surface area contributed by atoms with Crippen molar-refractivity contribution in [3.8, 4) is 6.07 Å². The van der Waals surface area contributed by atoms with Crippen LogP contribution in [-0.2, 0) is 25.3 Å². The topological polar surface area (TPSA) is 87.5 Å². The number of amides is 2. The van der Waals surface area contributed by atoms with Gasteiger partial charge in [-0.25, -0.2) is 4.90 Å². The summed E-state index contributed by atoms with van der Waals surface area (Å²) < 4.78 is 45.4. The Hall–Kier alpha value is -2.73. The van der Waals surface area contributed by atoms with E-state index in [0.717, 1.165) is 12.1 Å². The first-order valence-corrected chi connectivity index (χ1v) is 8.17.